The predicted octanol–water partition coefficient (Wildman–Crippen LogP) is 2.67. The van der Waals surface area contributed by atoms with Gasteiger partial charge in [0, 0.05) is 17.6 Å². The third kappa shape index (κ3) is 1.72. The second kappa shape index (κ2) is 4.81. The summed E-state index contributed by atoms with van der Waals surface area (Å²) in [6.45, 7) is 0. The average Bonchev–Trinajstić information content (AvgIpc) is 3.01. The van der Waals surface area contributed by atoms with Gasteiger partial charge in [0.2, 0.25) is 0 Å². The van der Waals surface area contributed by atoms with Gasteiger partial charge in [0.05, 0.1) is 21.8 Å². The summed E-state index contributed by atoms with van der Waals surface area (Å²) in [5.74, 6) is 0.603. The molecule has 128 valence electrons. The van der Waals surface area contributed by atoms with E-state index in [2.05, 4.69) is 6.08 Å². The number of fused-ring (bicyclic) bond motifs is 5. The number of hydrogen-bond acceptors (Lipinski definition) is 4. The largest absolute Gasteiger partial charge is 0.430 e. The molecule has 0 saturated carbocycles. The zero-order valence-electron chi connectivity index (χ0n) is 14.1. The summed E-state index contributed by atoms with van der Waals surface area (Å²) >= 11 is 0. The van der Waals surface area contributed by atoms with Gasteiger partial charge in [0.1, 0.15) is 6.26 Å². The summed E-state index contributed by atoms with van der Waals surface area (Å²) in [6, 6.07) is 3.26. The van der Waals surface area contributed by atoms with Crippen LogP contribution in [-0.2, 0) is 6.42 Å². The van der Waals surface area contributed by atoms with Gasteiger partial charge in [-0.05, 0) is 60.6 Å². The molecular weight excluding hydrogens is 328 g/mol. The molecule has 0 amide bonds. The smallest absolute Gasteiger partial charge is 0.336 e. The molecule has 5 heteroatoms. The molecule has 0 N–H and O–H groups in total. The number of pyridine rings is 2. The topological polar surface area (TPSA) is 64.6 Å². The van der Waals surface area contributed by atoms with Gasteiger partial charge in [-0.3, -0.25) is 9.20 Å². The number of hydrogen-bond donors (Lipinski definition) is 0. The monoisotopic (exact) mass is 344 g/mol. The second-order valence-corrected chi connectivity index (χ2v) is 7.42. The SMILES string of the molecule is O=c1cc2cc3c4nc5c6c(c4cn3c(=O)c2co1)CCCC6CCC=5. The quantitative estimate of drug-likeness (QED) is 0.492. The van der Waals surface area contributed by atoms with E-state index in [1.807, 2.05) is 12.3 Å². The summed E-state index contributed by atoms with van der Waals surface area (Å²) in [7, 11) is 0. The van der Waals surface area contributed by atoms with Gasteiger partial charge in [-0.15, -0.1) is 0 Å². The molecule has 0 radical (unpaired) electrons. The van der Waals surface area contributed by atoms with Crippen LogP contribution in [0, 0.1) is 0 Å². The molecule has 0 fully saturated rings. The molecule has 4 heterocycles. The van der Waals surface area contributed by atoms with Gasteiger partial charge in [0.25, 0.3) is 5.56 Å². The van der Waals surface area contributed by atoms with Crippen molar-refractivity contribution < 1.29 is 4.42 Å². The number of aryl methyl sites for hydroxylation is 1. The van der Waals surface area contributed by atoms with Crippen molar-refractivity contribution in [3.05, 3.63) is 61.8 Å². The number of nitrogens with zero attached hydrogens (tertiary/aromatic N) is 2. The molecule has 0 bridgehead atoms. The Labute approximate surface area is 147 Å². The zero-order chi connectivity index (χ0) is 17.4. The lowest BCUT2D eigenvalue weighted by Gasteiger charge is -2.28. The molecule has 1 unspecified atom stereocenters. The molecular formula is C21H16N2O3. The third-order valence-electron chi connectivity index (χ3n) is 6.03. The first-order valence-electron chi connectivity index (χ1n) is 9.14. The van der Waals surface area contributed by atoms with Crippen LogP contribution in [-0.4, -0.2) is 9.38 Å². The lowest BCUT2D eigenvalue weighted by Crippen LogP contribution is -2.26. The summed E-state index contributed by atoms with van der Waals surface area (Å²) in [5.41, 5.74) is 3.78. The minimum absolute atomic E-state index is 0.166. The molecule has 2 aliphatic rings. The standard InChI is InChI=1S/C21H16N2O3/c24-18-8-12-7-17-20-14(9-23(17)21(25)15(12)10-26-18)13-5-1-3-11-4-2-6-16(22-20)19(11)13/h6-11H,1-5H2. The lowest BCUT2D eigenvalue weighted by molar-refractivity contribution is 0.517. The second-order valence-electron chi connectivity index (χ2n) is 7.42. The summed E-state index contributed by atoms with van der Waals surface area (Å²) < 4.78 is 6.56. The van der Waals surface area contributed by atoms with E-state index in [0.717, 1.165) is 34.6 Å². The Morgan fingerprint density at radius 2 is 2.08 bits per heavy atom. The third-order valence-corrected chi connectivity index (χ3v) is 6.03. The average molecular weight is 344 g/mol. The van der Waals surface area contributed by atoms with Crippen molar-refractivity contribution in [1.82, 2.24) is 9.38 Å². The predicted molar refractivity (Wildman–Crippen MR) is 99.6 cm³/mol. The minimum atomic E-state index is -0.450. The molecule has 0 saturated heterocycles. The van der Waals surface area contributed by atoms with Gasteiger partial charge in [0.15, 0.2) is 0 Å². The molecule has 1 atom stereocenters. The molecule has 6 rings (SSSR count). The van der Waals surface area contributed by atoms with E-state index < -0.39 is 5.63 Å². The summed E-state index contributed by atoms with van der Waals surface area (Å²) in [5, 5.41) is 3.20. The van der Waals surface area contributed by atoms with Crippen LogP contribution in [0.15, 0.2) is 38.6 Å². The van der Waals surface area contributed by atoms with Crippen LogP contribution < -0.4 is 16.5 Å². The number of rotatable bonds is 0. The van der Waals surface area contributed by atoms with E-state index in [0.29, 0.717) is 16.7 Å². The Morgan fingerprint density at radius 3 is 3.00 bits per heavy atom. The molecule has 0 spiro atoms. The summed E-state index contributed by atoms with van der Waals surface area (Å²) in [4.78, 5) is 29.5. The van der Waals surface area contributed by atoms with E-state index >= 15 is 0 Å². The Morgan fingerprint density at radius 1 is 1.15 bits per heavy atom. The van der Waals surface area contributed by atoms with Crippen LogP contribution in [0.25, 0.3) is 33.3 Å². The maximum Gasteiger partial charge on any atom is 0.336 e. The van der Waals surface area contributed by atoms with E-state index in [-0.39, 0.29) is 5.56 Å². The van der Waals surface area contributed by atoms with Gasteiger partial charge >= 0.3 is 5.63 Å². The lowest BCUT2D eigenvalue weighted by atomic mass is 9.77. The van der Waals surface area contributed by atoms with Crippen molar-refractivity contribution in [2.24, 2.45) is 0 Å². The van der Waals surface area contributed by atoms with Crippen LogP contribution in [0.1, 0.15) is 42.7 Å². The van der Waals surface area contributed by atoms with Crippen LogP contribution in [0.5, 0.6) is 0 Å². The Kier molecular flexibility index (Phi) is 2.64. The molecule has 4 aromatic heterocycles. The highest BCUT2D eigenvalue weighted by atomic mass is 16.4. The highest BCUT2D eigenvalue weighted by Gasteiger charge is 2.27. The van der Waals surface area contributed by atoms with Crippen molar-refractivity contribution in [3.63, 3.8) is 0 Å². The van der Waals surface area contributed by atoms with E-state index in [4.69, 9.17) is 9.40 Å². The fraction of sp³-hybridized carbons (Fsp3) is 0.286. The van der Waals surface area contributed by atoms with Crippen molar-refractivity contribution in [2.75, 3.05) is 0 Å². The Balaban J connectivity index is 1.85. The van der Waals surface area contributed by atoms with Gasteiger partial charge < -0.3 is 4.42 Å². The van der Waals surface area contributed by atoms with E-state index in [9.17, 15) is 9.59 Å². The first-order valence-corrected chi connectivity index (χ1v) is 9.14. The molecule has 26 heavy (non-hydrogen) atoms. The van der Waals surface area contributed by atoms with Gasteiger partial charge in [-0.2, -0.15) is 0 Å². The van der Waals surface area contributed by atoms with Crippen molar-refractivity contribution >= 4 is 33.3 Å². The fourth-order valence-electron chi connectivity index (χ4n) is 4.89. The highest BCUT2D eigenvalue weighted by molar-refractivity contribution is 6.00. The van der Waals surface area contributed by atoms with Crippen LogP contribution in [0.4, 0.5) is 0 Å². The number of aromatic nitrogens is 2. The highest BCUT2D eigenvalue weighted by Crippen LogP contribution is 2.38. The van der Waals surface area contributed by atoms with Gasteiger partial charge in [-0.1, -0.05) is 6.08 Å². The van der Waals surface area contributed by atoms with Gasteiger partial charge in [-0.25, -0.2) is 9.78 Å². The normalized spacial score (nSPS) is 19.0. The first kappa shape index (κ1) is 14.2. The zero-order valence-corrected chi connectivity index (χ0v) is 14.1. The maximum absolute atomic E-state index is 12.9. The van der Waals surface area contributed by atoms with Crippen LogP contribution in [0.2, 0.25) is 0 Å². The molecule has 5 nitrogen and oxygen atoms in total. The fourth-order valence-corrected chi connectivity index (χ4v) is 4.89. The van der Waals surface area contributed by atoms with Crippen molar-refractivity contribution in [2.45, 2.75) is 38.0 Å². The molecule has 0 aromatic carbocycles. The summed E-state index contributed by atoms with van der Waals surface area (Å²) in [6.07, 6.45) is 11.1. The first-order chi connectivity index (χ1) is 12.7. The molecule has 2 aliphatic carbocycles. The van der Waals surface area contributed by atoms with Crippen molar-refractivity contribution in [1.29, 1.82) is 0 Å². The Hall–Kier alpha value is -2.95. The van der Waals surface area contributed by atoms with E-state index in [1.165, 1.54) is 42.7 Å². The van der Waals surface area contributed by atoms with E-state index in [1.54, 1.807) is 4.40 Å². The maximum atomic E-state index is 12.9. The van der Waals surface area contributed by atoms with Crippen molar-refractivity contribution in [3.8, 4) is 0 Å². The molecule has 0 aliphatic heterocycles. The minimum Gasteiger partial charge on any atom is -0.430 e. The van der Waals surface area contributed by atoms with Crippen LogP contribution >= 0.6 is 0 Å². The van der Waals surface area contributed by atoms with Crippen LogP contribution in [0.3, 0.4) is 0 Å². The Bertz CT molecular complexity index is 1410. The molecule has 4 aromatic rings.